The Bertz CT molecular complexity index is 2730. The molecule has 18 nitrogen and oxygen atoms in total. The molecule has 2 aliphatic carbocycles. The lowest BCUT2D eigenvalue weighted by Gasteiger charge is -2.50. The van der Waals surface area contributed by atoms with Gasteiger partial charge in [-0.1, -0.05) is 47.0 Å². The molecular formula is C42H34Cl2F3N7O11. The van der Waals surface area contributed by atoms with Crippen LogP contribution < -0.4 is 24.7 Å². The molecule has 4 aromatic rings. The van der Waals surface area contributed by atoms with Crippen LogP contribution >= 0.6 is 23.2 Å². The number of aromatic nitrogens is 1. The number of aromatic hydroxyl groups is 1. The normalized spacial score (nSPS) is 23.7. The number of imide groups is 2. The number of anilines is 3. The van der Waals surface area contributed by atoms with E-state index in [1.54, 1.807) is 6.08 Å². The zero-order valence-electron chi connectivity index (χ0n) is 34.3. The highest BCUT2D eigenvalue weighted by Gasteiger charge is 2.70. The number of phenolic OH excluding ortho intramolecular Hbond substituents is 1. The summed E-state index contributed by atoms with van der Waals surface area (Å²) in [4.78, 5) is 88.4. The fraction of sp³-hybridized carbons (Fsp3) is 0.310. The molecule has 3 aromatic carbocycles. The first-order valence-electron chi connectivity index (χ1n) is 19.5. The van der Waals surface area contributed by atoms with E-state index in [0.717, 1.165) is 17.0 Å². The fourth-order valence-electron chi connectivity index (χ4n) is 9.95. The molecule has 3 heterocycles. The molecule has 23 heteroatoms. The van der Waals surface area contributed by atoms with Gasteiger partial charge in [-0.15, -0.1) is 0 Å². The van der Waals surface area contributed by atoms with E-state index in [-0.39, 0.29) is 46.2 Å². The number of carbonyl (C=O) groups excluding carboxylic acids is 4. The minimum Gasteiger partial charge on any atom is -0.502 e. The molecule has 65 heavy (non-hydrogen) atoms. The maximum Gasteiger partial charge on any atom is 0.417 e. The van der Waals surface area contributed by atoms with E-state index in [0.29, 0.717) is 27.7 Å². The van der Waals surface area contributed by atoms with E-state index in [1.807, 2.05) is 0 Å². The summed E-state index contributed by atoms with van der Waals surface area (Å²) in [5, 5.41) is 35.9. The van der Waals surface area contributed by atoms with Crippen LogP contribution in [0, 0.1) is 43.9 Å². The Balaban J connectivity index is 1.34. The number of pyridine rings is 1. The van der Waals surface area contributed by atoms with Crippen LogP contribution in [0.1, 0.15) is 35.4 Å². The van der Waals surface area contributed by atoms with Crippen LogP contribution in [0.5, 0.6) is 17.2 Å². The number of nitro groups is 2. The Hall–Kier alpha value is -7.00. The summed E-state index contributed by atoms with van der Waals surface area (Å²) in [6.45, 7) is 0. The lowest BCUT2D eigenvalue weighted by Crippen LogP contribution is -2.53. The molecule has 0 radical (unpaired) electrons. The number of ether oxygens (including phenoxy) is 2. The summed E-state index contributed by atoms with van der Waals surface area (Å²) in [6.07, 6.45) is -3.16. The van der Waals surface area contributed by atoms with Gasteiger partial charge in [0.2, 0.25) is 17.6 Å². The van der Waals surface area contributed by atoms with Gasteiger partial charge in [0.05, 0.1) is 63.5 Å². The number of alkyl halides is 3. The molecule has 0 bridgehead atoms. The summed E-state index contributed by atoms with van der Waals surface area (Å²) in [5.41, 5.74) is -2.14. The third-order valence-electron chi connectivity index (χ3n) is 12.5. The molecule has 2 N–H and O–H groups in total. The van der Waals surface area contributed by atoms with Crippen molar-refractivity contribution in [2.45, 2.75) is 30.4 Å². The number of hydrazine groups is 1. The quantitative estimate of drug-likeness (QED) is 0.0694. The Morgan fingerprint density at radius 1 is 0.908 bits per heavy atom. The summed E-state index contributed by atoms with van der Waals surface area (Å²) >= 11 is 12.6. The molecule has 0 unspecified atom stereocenters. The highest BCUT2D eigenvalue weighted by atomic mass is 35.5. The summed E-state index contributed by atoms with van der Waals surface area (Å²) in [7, 11) is 5.23. The van der Waals surface area contributed by atoms with Gasteiger partial charge in [-0.25, -0.2) is 9.88 Å². The number of nitrogens with one attached hydrogen (secondary N) is 1. The van der Waals surface area contributed by atoms with Crippen molar-refractivity contribution in [3.05, 3.63) is 119 Å². The third-order valence-corrected chi connectivity index (χ3v) is 13.1. The van der Waals surface area contributed by atoms with Crippen LogP contribution in [0.25, 0.3) is 0 Å². The van der Waals surface area contributed by atoms with Gasteiger partial charge in [-0.05, 0) is 60.2 Å². The maximum absolute atomic E-state index is 15.5. The van der Waals surface area contributed by atoms with Gasteiger partial charge in [0.1, 0.15) is 0 Å². The first-order valence-corrected chi connectivity index (χ1v) is 20.2. The number of fused-ring (bicyclic) bond motifs is 4. The highest BCUT2D eigenvalue weighted by molar-refractivity contribution is 6.33. The van der Waals surface area contributed by atoms with Crippen LogP contribution in [0.15, 0.2) is 72.4 Å². The summed E-state index contributed by atoms with van der Waals surface area (Å²) in [6, 6.07) is 11.2. The Kier molecular flexibility index (Phi) is 10.9. The minimum absolute atomic E-state index is 0.117. The lowest BCUT2D eigenvalue weighted by atomic mass is 9.49. The van der Waals surface area contributed by atoms with Gasteiger partial charge < -0.3 is 19.5 Å². The van der Waals surface area contributed by atoms with Gasteiger partial charge >= 0.3 is 17.6 Å². The van der Waals surface area contributed by atoms with Crippen molar-refractivity contribution in [3.8, 4) is 17.2 Å². The molecule has 3 fully saturated rings. The van der Waals surface area contributed by atoms with E-state index < -0.39 is 114 Å². The van der Waals surface area contributed by atoms with Crippen molar-refractivity contribution in [2.75, 3.05) is 43.5 Å². The highest BCUT2D eigenvalue weighted by Crippen LogP contribution is 2.65. The molecule has 6 atom stereocenters. The molecule has 338 valence electrons. The average Bonchev–Trinajstić information content (AvgIpc) is 3.64. The molecule has 4 amide bonds. The van der Waals surface area contributed by atoms with Gasteiger partial charge in [0, 0.05) is 43.4 Å². The van der Waals surface area contributed by atoms with Gasteiger partial charge in [0.15, 0.2) is 23.0 Å². The minimum atomic E-state index is -4.84. The van der Waals surface area contributed by atoms with Crippen molar-refractivity contribution in [1.29, 1.82) is 0 Å². The van der Waals surface area contributed by atoms with Gasteiger partial charge in [-0.3, -0.25) is 44.8 Å². The van der Waals surface area contributed by atoms with Crippen molar-refractivity contribution in [3.63, 3.8) is 0 Å². The largest absolute Gasteiger partial charge is 0.502 e. The number of carbonyl (C=O) groups is 4. The first-order chi connectivity index (χ1) is 30.7. The van der Waals surface area contributed by atoms with Crippen molar-refractivity contribution < 1.29 is 56.8 Å². The van der Waals surface area contributed by atoms with Crippen molar-refractivity contribution in [2.24, 2.45) is 23.7 Å². The third kappa shape index (κ3) is 6.82. The lowest BCUT2D eigenvalue weighted by molar-refractivity contribution is -0.392. The van der Waals surface area contributed by atoms with E-state index in [1.165, 1.54) is 64.7 Å². The maximum atomic E-state index is 15.5. The first kappa shape index (κ1) is 44.6. The summed E-state index contributed by atoms with van der Waals surface area (Å²) in [5.74, 6) is -10.9. The number of phenols is 1. The zero-order chi connectivity index (χ0) is 47.2. The van der Waals surface area contributed by atoms with E-state index in [4.69, 9.17) is 32.7 Å². The molecule has 2 saturated heterocycles. The van der Waals surface area contributed by atoms with E-state index in [2.05, 4.69) is 10.4 Å². The Morgan fingerprint density at radius 2 is 1.51 bits per heavy atom. The Labute approximate surface area is 375 Å². The topological polar surface area (TPSA) is 228 Å². The van der Waals surface area contributed by atoms with Crippen LogP contribution in [0.3, 0.4) is 0 Å². The van der Waals surface area contributed by atoms with Crippen LogP contribution in [0.2, 0.25) is 10.0 Å². The number of nitro benzene ring substituents is 2. The number of methoxy groups -OCH3 is 2. The van der Waals surface area contributed by atoms with Crippen LogP contribution in [0.4, 0.5) is 41.7 Å². The predicted molar refractivity (Wildman–Crippen MR) is 225 cm³/mol. The number of halogens is 5. The second-order valence-corrected chi connectivity index (χ2v) is 16.8. The molecule has 1 aromatic heterocycles. The number of benzene rings is 3. The SMILES string of the molecule is COc1cc([C@H]2C3=CC[C@@H]4C(=O)N(c5cc([N+](=O)[O-])c(N(C)C)c([N+](=O)[O-])c5)C(=O)[C@@H]4[C@@H]3C[C@H]3C(=O)N(Nc4ncc(C(F)(F)F)cc4Cl)C(=O)[C@@]23c2ccc(Cl)cc2)cc(OC)c1O. The number of allylic oxidation sites excluding steroid dienone is 2. The summed E-state index contributed by atoms with van der Waals surface area (Å²) < 4.78 is 51.8. The molecule has 1 saturated carbocycles. The molecule has 0 spiro atoms. The van der Waals surface area contributed by atoms with Gasteiger partial charge in [-0.2, -0.15) is 18.2 Å². The van der Waals surface area contributed by atoms with Crippen molar-refractivity contribution in [1.82, 2.24) is 9.99 Å². The second-order valence-electron chi connectivity index (χ2n) is 15.9. The van der Waals surface area contributed by atoms with Crippen LogP contribution in [-0.4, -0.2) is 76.9 Å². The Morgan fingerprint density at radius 3 is 2.03 bits per heavy atom. The second kappa shape index (κ2) is 15.9. The molecule has 2 aliphatic heterocycles. The number of rotatable bonds is 10. The molecular weight excluding hydrogens is 906 g/mol. The average molecular weight is 941 g/mol. The van der Waals surface area contributed by atoms with E-state index >= 15 is 9.59 Å². The monoisotopic (exact) mass is 939 g/mol. The number of hydrogen-bond donors (Lipinski definition) is 2. The number of hydrogen-bond acceptors (Lipinski definition) is 14. The van der Waals surface area contributed by atoms with Crippen LogP contribution in [-0.2, 0) is 30.8 Å². The van der Waals surface area contributed by atoms with Gasteiger partial charge in [0.25, 0.3) is 11.8 Å². The molecule has 4 aliphatic rings. The number of nitrogens with zero attached hydrogens (tertiary/aromatic N) is 6. The number of amides is 4. The predicted octanol–water partition coefficient (Wildman–Crippen LogP) is 7.20. The fourth-order valence-corrected chi connectivity index (χ4v) is 10.3. The van der Waals surface area contributed by atoms with E-state index in [9.17, 15) is 48.1 Å². The zero-order valence-corrected chi connectivity index (χ0v) is 35.8. The standard InChI is InChI=1S/C42H34Cl2F3N7O11/c1-50(2)34-28(53(60)61)14-22(15-29(34)54(62)63)51-37(56)24-10-9-23-25(32(24)39(51)58)16-26-38(57)52(49-36-27(44)13-20(17-48-36)42(45,46)47)40(59)41(26,19-5-7-21(43)8-6-19)33(23)18-11-30(64-3)35(55)31(12-18)65-4/h5-9,11-15,17,24-26,32-33,55H,10,16H2,1-4H3,(H,48,49)/t24-,25+,26-,32-,33-,41+/m0/s1. The smallest absolute Gasteiger partial charge is 0.417 e. The molecule has 8 rings (SSSR count). The van der Waals surface area contributed by atoms with Crippen molar-refractivity contribution >= 4 is 75.4 Å².